The monoisotopic (exact) mass is 430 g/mol. The molecule has 1 amide bonds. The topological polar surface area (TPSA) is 34.4 Å². The molecule has 0 aliphatic heterocycles. The average Bonchev–Trinajstić information content (AvgIpc) is 3.10. The Morgan fingerprint density at radius 3 is 2.23 bits per heavy atom. The molecule has 0 aliphatic rings. The van der Waals surface area contributed by atoms with Crippen LogP contribution in [0.1, 0.15) is 22.6 Å². The van der Waals surface area contributed by atoms with E-state index in [9.17, 15) is 4.79 Å². The largest absolute Gasteiger partial charge is 0.304 e. The first kappa shape index (κ1) is 20.2. The molecule has 0 radical (unpaired) electrons. The van der Waals surface area contributed by atoms with Crippen LogP contribution in [0.3, 0.4) is 0 Å². The molecule has 0 atom stereocenters. The van der Waals surface area contributed by atoms with E-state index in [1.165, 1.54) is 11.3 Å². The first-order chi connectivity index (χ1) is 14.6. The molecule has 0 aliphatic carbocycles. The van der Waals surface area contributed by atoms with Crippen LogP contribution >= 0.6 is 22.9 Å². The summed E-state index contributed by atoms with van der Waals surface area (Å²) in [4.78, 5) is 18.6. The van der Waals surface area contributed by atoms with Crippen molar-refractivity contribution in [2.75, 3.05) is 0 Å². The molecule has 4 rings (SSSR count). The Morgan fingerprint density at radius 2 is 1.67 bits per heavy atom. The molecule has 0 saturated carbocycles. The van der Waals surface area contributed by atoms with Crippen LogP contribution in [0.25, 0.3) is 10.2 Å². The Balaban J connectivity index is 1.90. The predicted molar refractivity (Wildman–Crippen MR) is 124 cm³/mol. The van der Waals surface area contributed by atoms with Gasteiger partial charge in [0.15, 0.2) is 4.80 Å². The third-order valence-electron chi connectivity index (χ3n) is 5.00. The van der Waals surface area contributed by atoms with Gasteiger partial charge in [-0.3, -0.25) is 4.79 Å². The number of amides is 1. The highest BCUT2D eigenvalue weighted by atomic mass is 35.5. The number of terminal acetylenes is 1. The van der Waals surface area contributed by atoms with Crippen molar-refractivity contribution in [3.8, 4) is 12.3 Å². The lowest BCUT2D eigenvalue weighted by atomic mass is 9.91. The fraction of sp³-hybridized carbons (Fsp3) is 0.120. The van der Waals surface area contributed by atoms with E-state index in [1.54, 1.807) is 0 Å². The molecule has 0 unspecified atom stereocenters. The normalized spacial score (nSPS) is 11.7. The molecule has 3 aromatic carbocycles. The van der Waals surface area contributed by atoms with Gasteiger partial charge in [0.1, 0.15) is 0 Å². The zero-order valence-electron chi connectivity index (χ0n) is 16.4. The average molecular weight is 431 g/mol. The fourth-order valence-electron chi connectivity index (χ4n) is 3.57. The first-order valence-corrected chi connectivity index (χ1v) is 10.7. The number of benzene rings is 3. The number of aryl methyl sites for hydroxylation is 1. The van der Waals surface area contributed by atoms with Crippen molar-refractivity contribution in [3.05, 3.63) is 99.3 Å². The zero-order chi connectivity index (χ0) is 21.1. The van der Waals surface area contributed by atoms with Crippen LogP contribution in [-0.4, -0.2) is 10.5 Å². The van der Waals surface area contributed by atoms with E-state index in [4.69, 9.17) is 18.0 Å². The Kier molecular flexibility index (Phi) is 5.85. The van der Waals surface area contributed by atoms with Crippen LogP contribution in [0, 0.1) is 19.3 Å². The second-order valence-corrected chi connectivity index (χ2v) is 8.31. The summed E-state index contributed by atoms with van der Waals surface area (Å²) in [5.41, 5.74) is 3.66. The molecule has 1 heterocycles. The molecule has 30 heavy (non-hydrogen) atoms. The quantitative estimate of drug-likeness (QED) is 0.390. The Morgan fingerprint density at radius 1 is 1.07 bits per heavy atom. The smallest absolute Gasteiger partial charge is 0.260 e. The minimum absolute atomic E-state index is 0.228. The Labute approximate surface area is 184 Å². The van der Waals surface area contributed by atoms with Crippen molar-refractivity contribution in [2.24, 2.45) is 4.99 Å². The maximum Gasteiger partial charge on any atom is 0.260 e. The lowest BCUT2D eigenvalue weighted by Crippen LogP contribution is -2.20. The fourth-order valence-corrected chi connectivity index (χ4v) is 4.81. The molecule has 3 nitrogen and oxygen atoms in total. The van der Waals surface area contributed by atoms with Gasteiger partial charge in [-0.2, -0.15) is 4.99 Å². The summed E-state index contributed by atoms with van der Waals surface area (Å²) in [6, 6.07) is 23.2. The van der Waals surface area contributed by atoms with E-state index in [0.29, 0.717) is 16.4 Å². The van der Waals surface area contributed by atoms with Gasteiger partial charge in [-0.25, -0.2) is 0 Å². The van der Waals surface area contributed by atoms with Crippen molar-refractivity contribution in [1.82, 2.24) is 4.57 Å². The van der Waals surface area contributed by atoms with Crippen LogP contribution in [-0.2, 0) is 11.3 Å². The van der Waals surface area contributed by atoms with Gasteiger partial charge in [-0.1, -0.05) is 89.5 Å². The number of fused-ring (bicyclic) bond motifs is 1. The summed E-state index contributed by atoms with van der Waals surface area (Å²) in [6.07, 6.45) is 5.61. The number of carbonyl (C=O) groups is 1. The van der Waals surface area contributed by atoms with Crippen LogP contribution in [0.5, 0.6) is 0 Å². The summed E-state index contributed by atoms with van der Waals surface area (Å²) < 4.78 is 2.89. The second kappa shape index (κ2) is 8.71. The molecule has 5 heteroatoms. The zero-order valence-corrected chi connectivity index (χ0v) is 18.0. The van der Waals surface area contributed by atoms with E-state index in [-0.39, 0.29) is 5.91 Å². The molecule has 0 bridgehead atoms. The third kappa shape index (κ3) is 3.82. The Hall–Kier alpha value is -3.13. The molecule has 0 N–H and O–H groups in total. The lowest BCUT2D eigenvalue weighted by molar-refractivity contribution is -0.118. The number of thiazole rings is 1. The molecular weight excluding hydrogens is 412 g/mol. The number of aromatic nitrogens is 1. The summed E-state index contributed by atoms with van der Waals surface area (Å²) >= 11 is 7.77. The third-order valence-corrected chi connectivity index (χ3v) is 6.45. The molecule has 148 valence electrons. The number of rotatable bonds is 4. The van der Waals surface area contributed by atoms with E-state index in [1.807, 2.05) is 84.3 Å². The maximum absolute atomic E-state index is 13.4. The number of hydrogen-bond acceptors (Lipinski definition) is 2. The van der Waals surface area contributed by atoms with Crippen molar-refractivity contribution < 1.29 is 4.79 Å². The number of nitrogens with zero attached hydrogens (tertiary/aromatic N) is 2. The lowest BCUT2D eigenvalue weighted by Gasteiger charge is -2.14. The maximum atomic E-state index is 13.4. The van der Waals surface area contributed by atoms with Gasteiger partial charge in [-0.05, 0) is 35.7 Å². The van der Waals surface area contributed by atoms with Crippen molar-refractivity contribution in [2.45, 2.75) is 19.4 Å². The van der Waals surface area contributed by atoms with Crippen LogP contribution in [0.15, 0.2) is 77.8 Å². The minimum Gasteiger partial charge on any atom is -0.304 e. The van der Waals surface area contributed by atoms with E-state index < -0.39 is 5.92 Å². The summed E-state index contributed by atoms with van der Waals surface area (Å²) in [6.45, 7) is 2.27. The molecular formula is C25H19ClN2OS. The molecule has 4 aromatic rings. The molecule has 1 aromatic heterocycles. The standard InChI is InChI=1S/C25H19ClN2OS/c1-3-16-28-23-17(2)20(26)14-15-21(23)30-25(28)27-24(29)22(18-10-6-4-7-11-18)19-12-8-5-9-13-19/h1,4-15,22H,16H2,2H3. The summed E-state index contributed by atoms with van der Waals surface area (Å²) in [7, 11) is 0. The second-order valence-electron chi connectivity index (χ2n) is 6.90. The SMILES string of the molecule is C#CCn1c(=NC(=O)C(c2ccccc2)c2ccccc2)sc2ccc(Cl)c(C)c21. The summed E-state index contributed by atoms with van der Waals surface area (Å²) in [5, 5.41) is 0.662. The van der Waals surface area contributed by atoms with Crippen molar-refractivity contribution >= 4 is 39.1 Å². The van der Waals surface area contributed by atoms with Gasteiger partial charge in [0, 0.05) is 5.02 Å². The highest BCUT2D eigenvalue weighted by Gasteiger charge is 2.23. The van der Waals surface area contributed by atoms with Gasteiger partial charge in [0.25, 0.3) is 5.91 Å². The van der Waals surface area contributed by atoms with E-state index >= 15 is 0 Å². The number of halogens is 1. The van der Waals surface area contributed by atoms with Gasteiger partial charge in [-0.15, -0.1) is 6.42 Å². The van der Waals surface area contributed by atoms with Gasteiger partial charge < -0.3 is 4.57 Å². The van der Waals surface area contributed by atoms with Crippen molar-refractivity contribution in [3.63, 3.8) is 0 Å². The van der Waals surface area contributed by atoms with Gasteiger partial charge in [0.2, 0.25) is 0 Å². The van der Waals surface area contributed by atoms with Crippen LogP contribution in [0.2, 0.25) is 5.02 Å². The predicted octanol–water partition coefficient (Wildman–Crippen LogP) is 5.56. The van der Waals surface area contributed by atoms with E-state index in [0.717, 1.165) is 26.9 Å². The number of hydrogen-bond donors (Lipinski definition) is 0. The Bertz CT molecular complexity index is 1280. The van der Waals surface area contributed by atoms with Gasteiger partial charge in [0.05, 0.1) is 22.7 Å². The highest BCUT2D eigenvalue weighted by Crippen LogP contribution is 2.28. The summed E-state index contributed by atoms with van der Waals surface area (Å²) in [5.74, 6) is 1.96. The highest BCUT2D eigenvalue weighted by molar-refractivity contribution is 7.16. The number of carbonyl (C=O) groups excluding carboxylic acids is 1. The molecule has 0 saturated heterocycles. The molecule has 0 fully saturated rings. The minimum atomic E-state index is -0.485. The van der Waals surface area contributed by atoms with Crippen LogP contribution < -0.4 is 4.80 Å². The van der Waals surface area contributed by atoms with Crippen molar-refractivity contribution in [1.29, 1.82) is 0 Å². The van der Waals surface area contributed by atoms with Gasteiger partial charge >= 0.3 is 0 Å². The van der Waals surface area contributed by atoms with E-state index in [2.05, 4.69) is 10.9 Å². The van der Waals surface area contributed by atoms with Crippen LogP contribution in [0.4, 0.5) is 0 Å². The first-order valence-electron chi connectivity index (χ1n) is 9.50. The molecule has 0 spiro atoms.